The molecule has 126 valence electrons. The smallest absolute Gasteiger partial charge is 0.302 e. The van der Waals surface area contributed by atoms with Crippen molar-refractivity contribution >= 4 is 11.8 Å². The van der Waals surface area contributed by atoms with Crippen molar-refractivity contribution in [2.45, 2.75) is 34.1 Å². The van der Waals surface area contributed by atoms with Crippen molar-refractivity contribution < 1.29 is 29.6 Å². The molecule has 0 amide bonds. The third-order valence-corrected chi connectivity index (χ3v) is 3.29. The zero-order chi connectivity index (χ0) is 17.7. The zero-order valence-electron chi connectivity index (χ0n) is 13.7. The topological polar surface area (TPSA) is 104 Å². The molecule has 1 aromatic carbocycles. The standard InChI is InChI=1S/C17H22O6/c1-9(2)16(21)15-14(20)7-13(19)12(17(15)22)6-5-10(3)8-23-11(4)18/h5,7,9,19-20,22H,6,8H2,1-4H3/b10-5+. The third kappa shape index (κ3) is 4.74. The van der Waals surface area contributed by atoms with E-state index in [1.54, 1.807) is 26.8 Å². The second-order valence-electron chi connectivity index (χ2n) is 5.67. The van der Waals surface area contributed by atoms with Gasteiger partial charge in [-0.05, 0) is 18.9 Å². The van der Waals surface area contributed by atoms with Crippen molar-refractivity contribution in [2.75, 3.05) is 6.61 Å². The second kappa shape index (κ2) is 7.67. The van der Waals surface area contributed by atoms with Crippen LogP contribution in [0.3, 0.4) is 0 Å². The number of Topliss-reactive ketones (excluding diaryl/α,β-unsaturated/α-hetero) is 1. The summed E-state index contributed by atoms with van der Waals surface area (Å²) in [5.74, 6) is -2.43. The number of allylic oxidation sites excluding steroid dienone is 1. The van der Waals surface area contributed by atoms with Gasteiger partial charge in [0.25, 0.3) is 0 Å². The Kier molecular flexibility index (Phi) is 6.18. The summed E-state index contributed by atoms with van der Waals surface area (Å²) in [5, 5.41) is 30.0. The normalized spacial score (nSPS) is 11.6. The lowest BCUT2D eigenvalue weighted by atomic mass is 9.95. The molecule has 0 aliphatic carbocycles. The lowest BCUT2D eigenvalue weighted by molar-refractivity contribution is -0.139. The number of ketones is 1. The number of phenols is 3. The van der Waals surface area contributed by atoms with E-state index in [-0.39, 0.29) is 29.9 Å². The Balaban J connectivity index is 3.12. The average molecular weight is 322 g/mol. The maximum atomic E-state index is 12.1. The Morgan fingerprint density at radius 3 is 2.30 bits per heavy atom. The van der Waals surface area contributed by atoms with Crippen LogP contribution in [0, 0.1) is 5.92 Å². The predicted octanol–water partition coefficient (Wildman–Crippen LogP) is 2.69. The van der Waals surface area contributed by atoms with E-state index >= 15 is 0 Å². The van der Waals surface area contributed by atoms with Gasteiger partial charge in [0, 0.05) is 24.5 Å². The molecule has 0 heterocycles. The number of benzene rings is 1. The van der Waals surface area contributed by atoms with Gasteiger partial charge in [0.15, 0.2) is 5.78 Å². The van der Waals surface area contributed by atoms with E-state index in [2.05, 4.69) is 0 Å². The first kappa shape index (κ1) is 18.5. The van der Waals surface area contributed by atoms with Gasteiger partial charge in [0.05, 0.1) is 0 Å². The van der Waals surface area contributed by atoms with E-state index in [1.807, 2.05) is 0 Å². The lowest BCUT2D eigenvalue weighted by Crippen LogP contribution is -2.09. The molecule has 0 fully saturated rings. The highest BCUT2D eigenvalue weighted by atomic mass is 16.5. The molecule has 0 spiro atoms. The van der Waals surface area contributed by atoms with Crippen molar-refractivity contribution in [3.05, 3.63) is 28.8 Å². The van der Waals surface area contributed by atoms with Gasteiger partial charge in [0.2, 0.25) is 0 Å². The number of carbonyl (C=O) groups is 2. The van der Waals surface area contributed by atoms with Crippen LogP contribution >= 0.6 is 0 Å². The second-order valence-corrected chi connectivity index (χ2v) is 5.67. The molecule has 0 bridgehead atoms. The molecule has 3 N–H and O–H groups in total. The molecule has 0 unspecified atom stereocenters. The van der Waals surface area contributed by atoms with Crippen molar-refractivity contribution in [1.29, 1.82) is 0 Å². The molecule has 6 nitrogen and oxygen atoms in total. The predicted molar refractivity (Wildman–Crippen MR) is 84.7 cm³/mol. The van der Waals surface area contributed by atoms with Crippen molar-refractivity contribution in [3.8, 4) is 17.2 Å². The maximum absolute atomic E-state index is 12.1. The zero-order valence-corrected chi connectivity index (χ0v) is 13.7. The molecular weight excluding hydrogens is 300 g/mol. The summed E-state index contributed by atoms with van der Waals surface area (Å²) in [5.41, 5.74) is 0.664. The van der Waals surface area contributed by atoms with Crippen LogP contribution in [0.1, 0.15) is 43.6 Å². The van der Waals surface area contributed by atoms with Crippen LogP contribution in [0.5, 0.6) is 17.2 Å². The first-order valence-electron chi connectivity index (χ1n) is 7.25. The van der Waals surface area contributed by atoms with Gasteiger partial charge in [-0.2, -0.15) is 0 Å². The van der Waals surface area contributed by atoms with Crippen LogP contribution in [-0.4, -0.2) is 33.7 Å². The van der Waals surface area contributed by atoms with Gasteiger partial charge in [-0.1, -0.05) is 19.9 Å². The third-order valence-electron chi connectivity index (χ3n) is 3.29. The number of hydrogen-bond acceptors (Lipinski definition) is 6. The molecule has 0 saturated heterocycles. The summed E-state index contributed by atoms with van der Waals surface area (Å²) in [6, 6.07) is 1.04. The Morgan fingerprint density at radius 2 is 1.78 bits per heavy atom. The highest BCUT2D eigenvalue weighted by Gasteiger charge is 2.23. The highest BCUT2D eigenvalue weighted by Crippen LogP contribution is 2.39. The Labute approximate surface area is 135 Å². The Morgan fingerprint density at radius 1 is 1.17 bits per heavy atom. The Hall–Kier alpha value is -2.50. The van der Waals surface area contributed by atoms with E-state index in [9.17, 15) is 24.9 Å². The van der Waals surface area contributed by atoms with E-state index < -0.39 is 29.2 Å². The van der Waals surface area contributed by atoms with E-state index in [4.69, 9.17) is 4.74 Å². The molecule has 23 heavy (non-hydrogen) atoms. The molecule has 0 saturated carbocycles. The SMILES string of the molecule is CC(=O)OC/C(C)=C/Cc1c(O)cc(O)c(C(=O)C(C)C)c1O. The number of hydrogen-bond donors (Lipinski definition) is 3. The van der Waals surface area contributed by atoms with Crippen LogP contribution in [0.4, 0.5) is 0 Å². The molecule has 0 radical (unpaired) electrons. The average Bonchev–Trinajstić information content (AvgIpc) is 2.44. The Bertz CT molecular complexity index is 643. The number of aromatic hydroxyl groups is 3. The molecule has 0 aliphatic rings. The van der Waals surface area contributed by atoms with Gasteiger partial charge in [-0.3, -0.25) is 9.59 Å². The molecule has 0 aliphatic heterocycles. The van der Waals surface area contributed by atoms with Crippen molar-refractivity contribution in [2.24, 2.45) is 5.92 Å². The quantitative estimate of drug-likeness (QED) is 0.422. The molecule has 1 rings (SSSR count). The van der Waals surface area contributed by atoms with Gasteiger partial charge in [0.1, 0.15) is 29.4 Å². The first-order valence-corrected chi connectivity index (χ1v) is 7.25. The minimum absolute atomic E-state index is 0.104. The molecule has 0 atom stereocenters. The molecule has 1 aromatic rings. The fourth-order valence-corrected chi connectivity index (χ4v) is 1.97. The summed E-state index contributed by atoms with van der Waals surface area (Å²) in [6.45, 7) is 6.44. The van der Waals surface area contributed by atoms with Crippen LogP contribution < -0.4 is 0 Å². The molecule has 6 heteroatoms. The van der Waals surface area contributed by atoms with Gasteiger partial charge >= 0.3 is 5.97 Å². The van der Waals surface area contributed by atoms with E-state index in [0.29, 0.717) is 0 Å². The monoisotopic (exact) mass is 322 g/mol. The lowest BCUT2D eigenvalue weighted by Gasteiger charge is -2.14. The summed E-state index contributed by atoms with van der Waals surface area (Å²) < 4.78 is 4.84. The van der Waals surface area contributed by atoms with E-state index in [1.165, 1.54) is 6.92 Å². The number of esters is 1. The van der Waals surface area contributed by atoms with Crippen LogP contribution in [-0.2, 0) is 16.0 Å². The van der Waals surface area contributed by atoms with Gasteiger partial charge in [-0.15, -0.1) is 0 Å². The fourth-order valence-electron chi connectivity index (χ4n) is 1.97. The largest absolute Gasteiger partial charge is 0.507 e. The van der Waals surface area contributed by atoms with Gasteiger partial charge < -0.3 is 20.1 Å². The van der Waals surface area contributed by atoms with Crippen LogP contribution in [0.15, 0.2) is 17.7 Å². The van der Waals surface area contributed by atoms with Gasteiger partial charge in [-0.25, -0.2) is 0 Å². The van der Waals surface area contributed by atoms with E-state index in [0.717, 1.165) is 11.6 Å². The minimum Gasteiger partial charge on any atom is -0.507 e. The van der Waals surface area contributed by atoms with Crippen LogP contribution in [0.25, 0.3) is 0 Å². The fraction of sp³-hybridized carbons (Fsp3) is 0.412. The van der Waals surface area contributed by atoms with Crippen molar-refractivity contribution in [1.82, 2.24) is 0 Å². The number of phenolic OH excluding ortho intramolecular Hbond substituents is 3. The number of ether oxygens (including phenoxy) is 1. The molecular formula is C17H22O6. The van der Waals surface area contributed by atoms with Crippen LogP contribution in [0.2, 0.25) is 0 Å². The summed E-state index contributed by atoms with van der Waals surface area (Å²) in [6.07, 6.45) is 1.79. The maximum Gasteiger partial charge on any atom is 0.302 e. The summed E-state index contributed by atoms with van der Waals surface area (Å²) in [4.78, 5) is 22.8. The minimum atomic E-state index is -0.455. The summed E-state index contributed by atoms with van der Waals surface area (Å²) >= 11 is 0. The first-order chi connectivity index (χ1) is 10.6. The summed E-state index contributed by atoms with van der Waals surface area (Å²) in [7, 11) is 0. The molecule has 0 aromatic heterocycles. The highest BCUT2D eigenvalue weighted by molar-refractivity contribution is 6.03. The van der Waals surface area contributed by atoms with Crippen molar-refractivity contribution in [3.63, 3.8) is 0 Å². The number of rotatable bonds is 6. The number of carbonyl (C=O) groups excluding carboxylic acids is 2.